The molecule has 0 bridgehead atoms. The lowest BCUT2D eigenvalue weighted by Gasteiger charge is -2.23. The first kappa shape index (κ1) is 14.3. The number of halogens is 1. The molecule has 0 amide bonds. The molecule has 1 heterocycles. The van der Waals surface area contributed by atoms with Crippen LogP contribution in [0.3, 0.4) is 0 Å². The zero-order chi connectivity index (χ0) is 14.4. The van der Waals surface area contributed by atoms with Gasteiger partial charge in [0.25, 0.3) is 0 Å². The van der Waals surface area contributed by atoms with Crippen molar-refractivity contribution in [2.45, 2.75) is 6.42 Å². The van der Waals surface area contributed by atoms with Gasteiger partial charge in [-0.25, -0.2) is 9.37 Å². The summed E-state index contributed by atoms with van der Waals surface area (Å²) in [6.45, 7) is 1.31. The number of ether oxygens (including phenoxy) is 1. The van der Waals surface area contributed by atoms with Crippen molar-refractivity contribution in [3.8, 4) is 5.75 Å². The fourth-order valence-corrected chi connectivity index (χ4v) is 1.92. The monoisotopic (exact) mass is 275 g/mol. The van der Waals surface area contributed by atoms with Gasteiger partial charge in [-0.05, 0) is 49.4 Å². The number of anilines is 2. The Morgan fingerprint density at radius 3 is 2.50 bits per heavy atom. The minimum atomic E-state index is -0.345. The first-order valence-corrected chi connectivity index (χ1v) is 6.48. The zero-order valence-electron chi connectivity index (χ0n) is 11.4. The molecule has 5 heteroatoms. The molecule has 0 fully saturated rings. The largest absolute Gasteiger partial charge is 0.497 e. The molecule has 2 N–H and O–H groups in total. The van der Waals surface area contributed by atoms with Crippen LogP contribution in [0.15, 0.2) is 42.6 Å². The third kappa shape index (κ3) is 3.45. The van der Waals surface area contributed by atoms with Crippen LogP contribution in [0.2, 0.25) is 0 Å². The van der Waals surface area contributed by atoms with Crippen LogP contribution in [0.1, 0.15) is 6.42 Å². The standard InChI is InChI=1S/C15H18FN3O/c1-20-14-6-4-13(5-7-14)19(10-2-9-17)15-8-3-12(16)11-18-15/h3-8,11H,2,9-10,17H2,1H3. The summed E-state index contributed by atoms with van der Waals surface area (Å²) < 4.78 is 18.1. The van der Waals surface area contributed by atoms with Gasteiger partial charge in [-0.15, -0.1) is 0 Å². The summed E-state index contributed by atoms with van der Waals surface area (Å²) in [6.07, 6.45) is 2.04. The Hall–Kier alpha value is -2.14. The van der Waals surface area contributed by atoms with Crippen LogP contribution in [-0.4, -0.2) is 25.2 Å². The van der Waals surface area contributed by atoms with Crippen LogP contribution in [0.4, 0.5) is 15.9 Å². The van der Waals surface area contributed by atoms with Gasteiger partial charge >= 0.3 is 0 Å². The van der Waals surface area contributed by atoms with E-state index in [2.05, 4.69) is 4.98 Å². The molecule has 0 radical (unpaired) electrons. The highest BCUT2D eigenvalue weighted by atomic mass is 19.1. The Bertz CT molecular complexity index is 528. The Morgan fingerprint density at radius 2 is 1.95 bits per heavy atom. The lowest BCUT2D eigenvalue weighted by atomic mass is 10.2. The number of hydrogen-bond acceptors (Lipinski definition) is 4. The van der Waals surface area contributed by atoms with Crippen molar-refractivity contribution in [2.24, 2.45) is 5.73 Å². The summed E-state index contributed by atoms with van der Waals surface area (Å²) in [6, 6.07) is 10.7. The Morgan fingerprint density at radius 1 is 1.20 bits per heavy atom. The average molecular weight is 275 g/mol. The molecule has 20 heavy (non-hydrogen) atoms. The van der Waals surface area contributed by atoms with Gasteiger partial charge in [0.1, 0.15) is 17.4 Å². The van der Waals surface area contributed by atoms with Crippen molar-refractivity contribution in [1.82, 2.24) is 4.98 Å². The predicted octanol–water partition coefficient (Wildman–Crippen LogP) is 2.72. The third-order valence-electron chi connectivity index (χ3n) is 2.96. The van der Waals surface area contributed by atoms with E-state index >= 15 is 0 Å². The van der Waals surface area contributed by atoms with E-state index in [9.17, 15) is 4.39 Å². The summed E-state index contributed by atoms with van der Waals surface area (Å²) in [5.41, 5.74) is 6.55. The van der Waals surface area contributed by atoms with Crippen molar-refractivity contribution in [3.63, 3.8) is 0 Å². The molecule has 0 unspecified atom stereocenters. The normalized spacial score (nSPS) is 10.3. The number of hydrogen-bond donors (Lipinski definition) is 1. The van der Waals surface area contributed by atoms with E-state index in [1.807, 2.05) is 29.2 Å². The fraction of sp³-hybridized carbons (Fsp3) is 0.267. The Kier molecular flexibility index (Phi) is 4.90. The second-order valence-electron chi connectivity index (χ2n) is 4.33. The van der Waals surface area contributed by atoms with Crippen molar-refractivity contribution in [3.05, 3.63) is 48.4 Å². The Labute approximate surface area is 118 Å². The molecular formula is C15H18FN3O. The lowest BCUT2D eigenvalue weighted by molar-refractivity contribution is 0.415. The van der Waals surface area contributed by atoms with Crippen LogP contribution in [0.5, 0.6) is 5.75 Å². The van der Waals surface area contributed by atoms with Crippen molar-refractivity contribution >= 4 is 11.5 Å². The number of benzene rings is 1. The molecule has 0 saturated heterocycles. The molecule has 2 rings (SSSR count). The molecule has 4 nitrogen and oxygen atoms in total. The van der Waals surface area contributed by atoms with Crippen LogP contribution < -0.4 is 15.4 Å². The fourth-order valence-electron chi connectivity index (χ4n) is 1.92. The van der Waals surface area contributed by atoms with Crippen molar-refractivity contribution in [1.29, 1.82) is 0 Å². The van der Waals surface area contributed by atoms with Crippen molar-refractivity contribution < 1.29 is 9.13 Å². The molecule has 0 aliphatic rings. The summed E-state index contributed by atoms with van der Waals surface area (Å²) in [5.74, 6) is 1.15. The minimum absolute atomic E-state index is 0.345. The second-order valence-corrected chi connectivity index (χ2v) is 4.33. The molecule has 0 spiro atoms. The van der Waals surface area contributed by atoms with E-state index < -0.39 is 0 Å². The number of methoxy groups -OCH3 is 1. The van der Waals surface area contributed by atoms with Gasteiger partial charge in [-0.1, -0.05) is 0 Å². The van der Waals surface area contributed by atoms with Crippen LogP contribution >= 0.6 is 0 Å². The summed E-state index contributed by atoms with van der Waals surface area (Å²) in [7, 11) is 1.63. The van der Waals surface area contributed by atoms with Gasteiger partial charge in [0.2, 0.25) is 0 Å². The van der Waals surface area contributed by atoms with E-state index in [1.54, 1.807) is 13.2 Å². The quantitative estimate of drug-likeness (QED) is 0.880. The van der Waals surface area contributed by atoms with E-state index in [1.165, 1.54) is 12.3 Å². The van der Waals surface area contributed by atoms with E-state index in [0.717, 1.165) is 24.4 Å². The van der Waals surface area contributed by atoms with Crippen LogP contribution in [0, 0.1) is 5.82 Å². The molecule has 0 aliphatic carbocycles. The van der Waals surface area contributed by atoms with Gasteiger partial charge in [0.15, 0.2) is 0 Å². The topological polar surface area (TPSA) is 51.4 Å². The number of pyridine rings is 1. The SMILES string of the molecule is COc1ccc(N(CCCN)c2ccc(F)cn2)cc1. The molecule has 1 aromatic carbocycles. The maximum absolute atomic E-state index is 13.0. The van der Waals surface area contributed by atoms with E-state index in [0.29, 0.717) is 12.4 Å². The van der Waals surface area contributed by atoms with Gasteiger partial charge in [-0.3, -0.25) is 0 Å². The maximum Gasteiger partial charge on any atom is 0.141 e. The van der Waals surface area contributed by atoms with Gasteiger partial charge in [0, 0.05) is 12.2 Å². The first-order valence-electron chi connectivity index (χ1n) is 6.48. The molecule has 0 saturated carbocycles. The highest BCUT2D eigenvalue weighted by Gasteiger charge is 2.10. The highest BCUT2D eigenvalue weighted by Crippen LogP contribution is 2.25. The second kappa shape index (κ2) is 6.86. The molecule has 0 aliphatic heterocycles. The Balaban J connectivity index is 2.27. The van der Waals surface area contributed by atoms with Crippen LogP contribution in [-0.2, 0) is 0 Å². The number of nitrogens with zero attached hydrogens (tertiary/aromatic N) is 2. The predicted molar refractivity (Wildman–Crippen MR) is 77.9 cm³/mol. The molecule has 106 valence electrons. The van der Waals surface area contributed by atoms with Gasteiger partial charge < -0.3 is 15.4 Å². The number of nitrogens with two attached hydrogens (primary N) is 1. The lowest BCUT2D eigenvalue weighted by Crippen LogP contribution is -2.21. The van der Waals surface area contributed by atoms with Crippen LogP contribution in [0.25, 0.3) is 0 Å². The van der Waals surface area contributed by atoms with Gasteiger partial charge in [0.05, 0.1) is 13.3 Å². The smallest absolute Gasteiger partial charge is 0.141 e. The molecule has 2 aromatic rings. The molecule has 1 aromatic heterocycles. The maximum atomic E-state index is 13.0. The first-order chi connectivity index (χ1) is 9.74. The zero-order valence-corrected chi connectivity index (χ0v) is 11.4. The van der Waals surface area contributed by atoms with Gasteiger partial charge in [-0.2, -0.15) is 0 Å². The molecule has 0 atom stereocenters. The highest BCUT2D eigenvalue weighted by molar-refractivity contribution is 5.60. The number of aromatic nitrogens is 1. The summed E-state index contributed by atoms with van der Waals surface area (Å²) in [4.78, 5) is 6.14. The third-order valence-corrected chi connectivity index (χ3v) is 2.96. The summed E-state index contributed by atoms with van der Waals surface area (Å²) >= 11 is 0. The van der Waals surface area contributed by atoms with Crippen molar-refractivity contribution in [2.75, 3.05) is 25.1 Å². The number of rotatable bonds is 6. The summed E-state index contributed by atoms with van der Waals surface area (Å²) in [5, 5.41) is 0. The minimum Gasteiger partial charge on any atom is -0.497 e. The average Bonchev–Trinajstić information content (AvgIpc) is 2.50. The van der Waals surface area contributed by atoms with E-state index in [4.69, 9.17) is 10.5 Å². The van der Waals surface area contributed by atoms with E-state index in [-0.39, 0.29) is 5.82 Å². The molecular weight excluding hydrogens is 257 g/mol.